The van der Waals surface area contributed by atoms with E-state index >= 15 is 0 Å². The number of hydrogen-bond donors (Lipinski definition) is 10. The molecule has 0 aliphatic heterocycles. The molecule has 0 saturated carbocycles. The largest absolute Gasteiger partial charge is 0.488 e. The summed E-state index contributed by atoms with van der Waals surface area (Å²) in [6, 6.07) is 7.91. The standard InChI is InChI=1S/C18H23BN8O2/c20-11-4-9(13(22)17(26)15(11)24)6-1-7(3-8(2-6)19(28)29)10-5-12(21)16(25)18(27)14(10)23/h1-5,28-29H,20-27H2. The lowest BCUT2D eigenvalue weighted by atomic mass is 9.77. The van der Waals surface area contributed by atoms with Crippen LogP contribution in [0.2, 0.25) is 0 Å². The smallest absolute Gasteiger partial charge is 0.423 e. The number of benzene rings is 3. The van der Waals surface area contributed by atoms with Gasteiger partial charge in [0.1, 0.15) is 0 Å². The normalized spacial score (nSPS) is 10.8. The van der Waals surface area contributed by atoms with Crippen molar-refractivity contribution in [1.82, 2.24) is 0 Å². The Kier molecular flexibility index (Phi) is 4.70. The zero-order valence-corrected chi connectivity index (χ0v) is 15.5. The summed E-state index contributed by atoms with van der Waals surface area (Å²) < 4.78 is 0. The van der Waals surface area contributed by atoms with E-state index in [1.54, 1.807) is 18.2 Å². The molecule has 0 saturated heterocycles. The van der Waals surface area contributed by atoms with Crippen LogP contribution >= 0.6 is 0 Å². The summed E-state index contributed by atoms with van der Waals surface area (Å²) in [6.45, 7) is 0. The van der Waals surface area contributed by atoms with E-state index in [2.05, 4.69) is 0 Å². The molecule has 0 amide bonds. The molecule has 0 atom stereocenters. The van der Waals surface area contributed by atoms with E-state index in [4.69, 9.17) is 45.9 Å². The van der Waals surface area contributed by atoms with Crippen molar-refractivity contribution >= 4 is 58.1 Å². The lowest BCUT2D eigenvalue weighted by Crippen LogP contribution is -2.30. The molecule has 3 rings (SSSR count). The Balaban J connectivity index is 2.33. The number of nitrogen functional groups attached to an aromatic ring is 8. The van der Waals surface area contributed by atoms with Crippen LogP contribution in [0, 0.1) is 0 Å². The van der Waals surface area contributed by atoms with Crippen LogP contribution in [-0.2, 0) is 0 Å². The van der Waals surface area contributed by atoms with E-state index in [0.717, 1.165) is 0 Å². The van der Waals surface area contributed by atoms with Crippen molar-refractivity contribution in [2.45, 2.75) is 0 Å². The zero-order chi connectivity index (χ0) is 21.6. The quantitative estimate of drug-likeness (QED) is 0.199. The molecule has 0 radical (unpaired) electrons. The summed E-state index contributed by atoms with van der Waals surface area (Å²) in [5.41, 5.74) is 51.3. The second-order valence-corrected chi connectivity index (χ2v) is 6.73. The van der Waals surface area contributed by atoms with Crippen molar-refractivity contribution in [1.29, 1.82) is 0 Å². The van der Waals surface area contributed by atoms with Crippen LogP contribution in [0.4, 0.5) is 45.5 Å². The predicted molar refractivity (Wildman–Crippen MR) is 122 cm³/mol. The SMILES string of the molecule is Nc1cc(-c2cc(B(O)O)cc(-c3cc(N)c(N)c(N)c3N)c2)c(N)c(N)c1N. The molecule has 11 heteroatoms. The van der Waals surface area contributed by atoms with Crippen molar-refractivity contribution in [3.05, 3.63) is 30.3 Å². The number of anilines is 8. The van der Waals surface area contributed by atoms with Gasteiger partial charge in [0.2, 0.25) is 0 Å². The molecule has 10 nitrogen and oxygen atoms in total. The van der Waals surface area contributed by atoms with Gasteiger partial charge >= 0.3 is 7.12 Å². The minimum Gasteiger partial charge on any atom is -0.423 e. The molecule has 3 aromatic rings. The molecule has 29 heavy (non-hydrogen) atoms. The van der Waals surface area contributed by atoms with Crippen LogP contribution in [0.15, 0.2) is 30.3 Å². The van der Waals surface area contributed by atoms with Gasteiger partial charge in [-0.2, -0.15) is 0 Å². The molecule has 150 valence electrons. The van der Waals surface area contributed by atoms with Crippen LogP contribution in [0.5, 0.6) is 0 Å². The molecule has 0 aliphatic rings. The maximum atomic E-state index is 9.77. The summed E-state index contributed by atoms with van der Waals surface area (Å²) >= 11 is 0. The monoisotopic (exact) mass is 394 g/mol. The molecule has 0 bridgehead atoms. The fraction of sp³-hybridized carbons (Fsp3) is 0. The predicted octanol–water partition coefficient (Wildman–Crippen LogP) is -0.642. The second-order valence-electron chi connectivity index (χ2n) is 6.73. The van der Waals surface area contributed by atoms with Gasteiger partial charge < -0.3 is 55.9 Å². The Morgan fingerprint density at radius 2 is 0.862 bits per heavy atom. The fourth-order valence-electron chi connectivity index (χ4n) is 3.10. The first kappa shape index (κ1) is 19.8. The van der Waals surface area contributed by atoms with E-state index in [1.165, 1.54) is 12.1 Å². The van der Waals surface area contributed by atoms with Crippen molar-refractivity contribution < 1.29 is 10.0 Å². The van der Waals surface area contributed by atoms with Crippen molar-refractivity contribution in [3.8, 4) is 22.3 Å². The summed E-state index contributed by atoms with van der Waals surface area (Å²) in [4.78, 5) is 0. The van der Waals surface area contributed by atoms with Gasteiger partial charge in [-0.25, -0.2) is 0 Å². The highest BCUT2D eigenvalue weighted by Gasteiger charge is 2.20. The van der Waals surface area contributed by atoms with E-state index in [0.29, 0.717) is 22.3 Å². The Bertz CT molecular complexity index is 1050. The average molecular weight is 394 g/mol. The third-order valence-electron chi connectivity index (χ3n) is 4.84. The first-order valence-corrected chi connectivity index (χ1v) is 8.50. The highest BCUT2D eigenvalue weighted by Crippen LogP contribution is 2.41. The Labute approximate surface area is 167 Å². The number of nitrogens with two attached hydrogens (primary N) is 8. The Hall–Kier alpha value is -3.96. The zero-order valence-electron chi connectivity index (χ0n) is 15.5. The molecule has 0 aliphatic carbocycles. The Morgan fingerprint density at radius 3 is 1.21 bits per heavy atom. The first-order valence-electron chi connectivity index (χ1n) is 8.50. The number of hydrogen-bond acceptors (Lipinski definition) is 10. The van der Waals surface area contributed by atoms with Crippen LogP contribution in [0.1, 0.15) is 0 Å². The summed E-state index contributed by atoms with van der Waals surface area (Å²) in [7, 11) is -1.76. The summed E-state index contributed by atoms with van der Waals surface area (Å²) in [5.74, 6) is 0. The minimum atomic E-state index is -1.76. The van der Waals surface area contributed by atoms with Gasteiger partial charge in [0.05, 0.1) is 45.5 Å². The molecule has 0 heterocycles. The van der Waals surface area contributed by atoms with Crippen molar-refractivity contribution in [3.63, 3.8) is 0 Å². The topological polar surface area (TPSA) is 249 Å². The molecule has 18 N–H and O–H groups in total. The molecule has 3 aromatic carbocycles. The molecule has 0 aromatic heterocycles. The Morgan fingerprint density at radius 1 is 0.483 bits per heavy atom. The van der Waals surface area contributed by atoms with Crippen molar-refractivity contribution in [2.75, 3.05) is 45.9 Å². The highest BCUT2D eigenvalue weighted by atomic mass is 16.4. The van der Waals surface area contributed by atoms with Gasteiger partial charge in [0.15, 0.2) is 0 Å². The van der Waals surface area contributed by atoms with Gasteiger partial charge in [0, 0.05) is 11.1 Å². The van der Waals surface area contributed by atoms with Crippen molar-refractivity contribution in [2.24, 2.45) is 0 Å². The van der Waals surface area contributed by atoms with E-state index in [-0.39, 0.29) is 51.0 Å². The lowest BCUT2D eigenvalue weighted by Gasteiger charge is -2.17. The second kappa shape index (κ2) is 6.89. The van der Waals surface area contributed by atoms with Gasteiger partial charge in [0.25, 0.3) is 0 Å². The molecular weight excluding hydrogens is 371 g/mol. The number of rotatable bonds is 3. The lowest BCUT2D eigenvalue weighted by molar-refractivity contribution is 0.426. The first-order chi connectivity index (χ1) is 13.5. The fourth-order valence-corrected chi connectivity index (χ4v) is 3.10. The molecule has 0 fully saturated rings. The third kappa shape index (κ3) is 3.24. The van der Waals surface area contributed by atoms with Crippen LogP contribution in [0.25, 0.3) is 22.3 Å². The van der Waals surface area contributed by atoms with E-state index in [1.807, 2.05) is 0 Å². The summed E-state index contributed by atoms with van der Waals surface area (Å²) in [5, 5.41) is 19.5. The molecule has 0 unspecified atom stereocenters. The van der Waals surface area contributed by atoms with Gasteiger partial charge in [-0.3, -0.25) is 0 Å². The van der Waals surface area contributed by atoms with Gasteiger partial charge in [-0.05, 0) is 34.8 Å². The average Bonchev–Trinajstić information content (AvgIpc) is 2.69. The van der Waals surface area contributed by atoms with Gasteiger partial charge in [-0.15, -0.1) is 0 Å². The van der Waals surface area contributed by atoms with Crippen LogP contribution in [0.3, 0.4) is 0 Å². The van der Waals surface area contributed by atoms with E-state index < -0.39 is 7.12 Å². The minimum absolute atomic E-state index is 0.136. The maximum absolute atomic E-state index is 9.77. The molecular formula is C18H23BN8O2. The van der Waals surface area contributed by atoms with Gasteiger partial charge in [-0.1, -0.05) is 12.1 Å². The van der Waals surface area contributed by atoms with E-state index in [9.17, 15) is 10.0 Å². The van der Waals surface area contributed by atoms with Crippen LogP contribution in [-0.4, -0.2) is 17.2 Å². The van der Waals surface area contributed by atoms with Crippen LogP contribution < -0.4 is 51.3 Å². The maximum Gasteiger partial charge on any atom is 0.488 e. The third-order valence-corrected chi connectivity index (χ3v) is 4.84. The molecule has 0 spiro atoms. The summed E-state index contributed by atoms with van der Waals surface area (Å²) in [6.07, 6.45) is 0. The highest BCUT2D eigenvalue weighted by molar-refractivity contribution is 6.59.